The second-order valence-corrected chi connectivity index (χ2v) is 4.56. The molecule has 1 aromatic rings. The summed E-state index contributed by atoms with van der Waals surface area (Å²) in [5.41, 5.74) is 1.15. The van der Waals surface area contributed by atoms with Gasteiger partial charge in [0, 0.05) is 17.6 Å². The molecule has 1 aromatic carbocycles. The van der Waals surface area contributed by atoms with Crippen molar-refractivity contribution in [1.29, 1.82) is 0 Å². The lowest BCUT2D eigenvalue weighted by Crippen LogP contribution is -2.36. The van der Waals surface area contributed by atoms with Crippen LogP contribution in [0.1, 0.15) is 6.92 Å². The molecule has 0 unspecified atom stereocenters. The first-order valence-electron chi connectivity index (χ1n) is 5.56. The highest BCUT2D eigenvalue weighted by molar-refractivity contribution is 9.10. The summed E-state index contributed by atoms with van der Waals surface area (Å²) in [6.45, 7) is 6.13. The van der Waals surface area contributed by atoms with Crippen molar-refractivity contribution in [3.8, 4) is 5.75 Å². The van der Waals surface area contributed by atoms with Gasteiger partial charge in [-0.2, -0.15) is 0 Å². The molecule has 0 atom stereocenters. The van der Waals surface area contributed by atoms with E-state index < -0.39 is 0 Å². The highest BCUT2D eigenvalue weighted by Crippen LogP contribution is 2.32. The molecule has 0 N–H and O–H groups in total. The Morgan fingerprint density at radius 1 is 1.38 bits per heavy atom. The van der Waals surface area contributed by atoms with Crippen LogP contribution in [0.5, 0.6) is 5.75 Å². The van der Waals surface area contributed by atoms with Crippen LogP contribution in [0.15, 0.2) is 22.7 Å². The molecule has 1 heterocycles. The fourth-order valence-electron chi connectivity index (χ4n) is 1.82. The predicted molar refractivity (Wildman–Crippen MR) is 68.3 cm³/mol. The lowest BCUT2D eigenvalue weighted by atomic mass is 10.2. The summed E-state index contributed by atoms with van der Waals surface area (Å²) in [6, 6.07) is 6.13. The Kier molecular flexibility index (Phi) is 4.07. The largest absolute Gasteiger partial charge is 0.492 e. The summed E-state index contributed by atoms with van der Waals surface area (Å²) in [7, 11) is 0. The van der Waals surface area contributed by atoms with E-state index in [1.807, 2.05) is 19.1 Å². The zero-order valence-electron chi connectivity index (χ0n) is 9.41. The van der Waals surface area contributed by atoms with Gasteiger partial charge in [0.05, 0.1) is 25.5 Å². The monoisotopic (exact) mass is 285 g/mol. The van der Waals surface area contributed by atoms with Gasteiger partial charge in [0.1, 0.15) is 5.75 Å². The molecule has 2 rings (SSSR count). The molecule has 16 heavy (non-hydrogen) atoms. The van der Waals surface area contributed by atoms with E-state index >= 15 is 0 Å². The highest BCUT2D eigenvalue weighted by atomic mass is 79.9. The van der Waals surface area contributed by atoms with Crippen LogP contribution in [0.3, 0.4) is 0 Å². The molecule has 1 aliphatic heterocycles. The SMILES string of the molecule is CCOc1ccc(Br)cc1N1CCOCC1. The number of hydrogen-bond donors (Lipinski definition) is 0. The summed E-state index contributed by atoms with van der Waals surface area (Å²) in [5, 5.41) is 0. The van der Waals surface area contributed by atoms with E-state index in [1.54, 1.807) is 0 Å². The van der Waals surface area contributed by atoms with Crippen molar-refractivity contribution in [3.63, 3.8) is 0 Å². The normalized spacial score (nSPS) is 16.2. The predicted octanol–water partition coefficient (Wildman–Crippen LogP) is 2.68. The van der Waals surface area contributed by atoms with Gasteiger partial charge in [0.2, 0.25) is 0 Å². The Labute approximate surface area is 104 Å². The van der Waals surface area contributed by atoms with Crippen molar-refractivity contribution in [1.82, 2.24) is 0 Å². The van der Waals surface area contributed by atoms with E-state index in [9.17, 15) is 0 Å². The fraction of sp³-hybridized carbons (Fsp3) is 0.500. The van der Waals surface area contributed by atoms with Crippen molar-refractivity contribution in [2.24, 2.45) is 0 Å². The molecule has 0 saturated carbocycles. The third-order valence-corrected chi connectivity index (χ3v) is 3.07. The number of anilines is 1. The van der Waals surface area contributed by atoms with Gasteiger partial charge >= 0.3 is 0 Å². The summed E-state index contributed by atoms with van der Waals surface area (Å²) in [4.78, 5) is 2.30. The van der Waals surface area contributed by atoms with Gasteiger partial charge in [-0.05, 0) is 25.1 Å². The van der Waals surface area contributed by atoms with Gasteiger partial charge in [-0.15, -0.1) is 0 Å². The van der Waals surface area contributed by atoms with Crippen LogP contribution in [-0.4, -0.2) is 32.9 Å². The van der Waals surface area contributed by atoms with Gasteiger partial charge in [0.25, 0.3) is 0 Å². The molecule has 1 fully saturated rings. The molecule has 0 aromatic heterocycles. The minimum atomic E-state index is 0.693. The average Bonchev–Trinajstić information content (AvgIpc) is 2.33. The Bertz CT molecular complexity index is 351. The van der Waals surface area contributed by atoms with Gasteiger partial charge in [-0.25, -0.2) is 0 Å². The summed E-state index contributed by atoms with van der Waals surface area (Å²) >= 11 is 3.50. The first kappa shape index (κ1) is 11.7. The van der Waals surface area contributed by atoms with Crippen LogP contribution in [-0.2, 0) is 4.74 Å². The van der Waals surface area contributed by atoms with Crippen molar-refractivity contribution in [2.45, 2.75) is 6.92 Å². The minimum Gasteiger partial charge on any atom is -0.492 e. The third-order valence-electron chi connectivity index (χ3n) is 2.57. The van der Waals surface area contributed by atoms with E-state index in [0.717, 1.165) is 42.2 Å². The maximum Gasteiger partial charge on any atom is 0.142 e. The number of hydrogen-bond acceptors (Lipinski definition) is 3. The van der Waals surface area contributed by atoms with Crippen LogP contribution >= 0.6 is 15.9 Å². The molecule has 0 amide bonds. The van der Waals surface area contributed by atoms with E-state index in [0.29, 0.717) is 6.61 Å². The summed E-state index contributed by atoms with van der Waals surface area (Å²) in [6.07, 6.45) is 0. The van der Waals surface area contributed by atoms with Gasteiger partial charge in [-0.3, -0.25) is 0 Å². The molecule has 1 saturated heterocycles. The van der Waals surface area contributed by atoms with Gasteiger partial charge in [-0.1, -0.05) is 15.9 Å². The molecular formula is C12H16BrNO2. The first-order valence-corrected chi connectivity index (χ1v) is 6.35. The number of ether oxygens (including phenoxy) is 2. The molecule has 0 spiro atoms. The molecule has 1 aliphatic rings. The Morgan fingerprint density at radius 3 is 2.81 bits per heavy atom. The maximum absolute atomic E-state index is 5.64. The third kappa shape index (κ3) is 2.68. The Morgan fingerprint density at radius 2 is 2.12 bits per heavy atom. The van der Waals surface area contributed by atoms with Crippen LogP contribution in [0.4, 0.5) is 5.69 Å². The minimum absolute atomic E-state index is 0.693. The summed E-state index contributed by atoms with van der Waals surface area (Å²) in [5.74, 6) is 0.951. The smallest absolute Gasteiger partial charge is 0.142 e. The lowest BCUT2D eigenvalue weighted by molar-refractivity contribution is 0.122. The van der Waals surface area contributed by atoms with Crippen molar-refractivity contribution < 1.29 is 9.47 Å². The number of rotatable bonds is 3. The van der Waals surface area contributed by atoms with Crippen LogP contribution < -0.4 is 9.64 Å². The zero-order chi connectivity index (χ0) is 11.4. The fourth-order valence-corrected chi connectivity index (χ4v) is 2.17. The van der Waals surface area contributed by atoms with Crippen molar-refractivity contribution >= 4 is 21.6 Å². The van der Waals surface area contributed by atoms with E-state index in [-0.39, 0.29) is 0 Å². The molecule has 3 nitrogen and oxygen atoms in total. The molecular weight excluding hydrogens is 270 g/mol. The number of morpholine rings is 1. The molecule has 0 bridgehead atoms. The van der Waals surface area contributed by atoms with Crippen LogP contribution in [0.2, 0.25) is 0 Å². The van der Waals surface area contributed by atoms with E-state index in [4.69, 9.17) is 9.47 Å². The number of nitrogens with zero attached hydrogens (tertiary/aromatic N) is 1. The van der Waals surface area contributed by atoms with E-state index in [1.165, 1.54) is 0 Å². The zero-order valence-corrected chi connectivity index (χ0v) is 11.0. The van der Waals surface area contributed by atoms with Crippen LogP contribution in [0, 0.1) is 0 Å². The van der Waals surface area contributed by atoms with Crippen molar-refractivity contribution in [2.75, 3.05) is 37.8 Å². The Hall–Kier alpha value is -0.740. The van der Waals surface area contributed by atoms with Crippen molar-refractivity contribution in [3.05, 3.63) is 22.7 Å². The second-order valence-electron chi connectivity index (χ2n) is 3.64. The summed E-state index contributed by atoms with van der Waals surface area (Å²) < 4.78 is 12.1. The average molecular weight is 286 g/mol. The van der Waals surface area contributed by atoms with E-state index in [2.05, 4.69) is 26.9 Å². The maximum atomic E-state index is 5.64. The second kappa shape index (κ2) is 5.55. The molecule has 88 valence electrons. The lowest BCUT2D eigenvalue weighted by Gasteiger charge is -2.30. The molecule has 4 heteroatoms. The highest BCUT2D eigenvalue weighted by Gasteiger charge is 2.15. The van der Waals surface area contributed by atoms with Gasteiger partial charge < -0.3 is 14.4 Å². The Balaban J connectivity index is 2.24. The standard InChI is InChI=1S/C12H16BrNO2/c1-2-16-12-4-3-10(13)9-11(12)14-5-7-15-8-6-14/h3-4,9H,2,5-8H2,1H3. The van der Waals surface area contributed by atoms with Crippen LogP contribution in [0.25, 0.3) is 0 Å². The topological polar surface area (TPSA) is 21.7 Å². The van der Waals surface area contributed by atoms with Gasteiger partial charge in [0.15, 0.2) is 0 Å². The molecule has 0 radical (unpaired) electrons. The number of benzene rings is 1. The number of halogens is 1. The molecule has 0 aliphatic carbocycles. The quantitative estimate of drug-likeness (QED) is 0.852. The first-order chi connectivity index (χ1) is 7.81.